The molecule has 0 aliphatic carbocycles. The van der Waals surface area contributed by atoms with Gasteiger partial charge in [0.15, 0.2) is 11.2 Å². The van der Waals surface area contributed by atoms with Crippen molar-refractivity contribution in [3.8, 4) is 5.75 Å². The average molecular weight is 438 g/mol. The molecule has 9 heteroatoms. The van der Waals surface area contributed by atoms with Gasteiger partial charge in [-0.05, 0) is 29.3 Å². The molecule has 0 bridgehead atoms. The zero-order valence-corrected chi connectivity index (χ0v) is 18.4. The number of hydrogen-bond acceptors (Lipinski definition) is 6. The highest BCUT2D eigenvalue weighted by Gasteiger charge is 2.21. The first kappa shape index (κ1) is 21.6. The third kappa shape index (κ3) is 3.99. The van der Waals surface area contributed by atoms with Crippen molar-refractivity contribution in [2.24, 2.45) is 14.1 Å². The zero-order valence-electron chi connectivity index (χ0n) is 18.4. The zero-order chi connectivity index (χ0) is 22.8. The van der Waals surface area contributed by atoms with Gasteiger partial charge in [0, 0.05) is 20.6 Å². The van der Waals surface area contributed by atoms with Gasteiger partial charge >= 0.3 is 5.69 Å². The SMILES string of the molecule is CCCNc1nc2c(c(=O)n(C)c(=O)n2C)n1CC(O)COc1ccc2ccccc2c1. The monoisotopic (exact) mass is 437 g/mol. The Morgan fingerprint density at radius 3 is 2.59 bits per heavy atom. The first-order valence-corrected chi connectivity index (χ1v) is 10.6. The minimum Gasteiger partial charge on any atom is -0.491 e. The summed E-state index contributed by atoms with van der Waals surface area (Å²) < 4.78 is 9.82. The quantitative estimate of drug-likeness (QED) is 0.436. The summed E-state index contributed by atoms with van der Waals surface area (Å²) in [5, 5.41) is 16.1. The van der Waals surface area contributed by atoms with E-state index in [-0.39, 0.29) is 24.3 Å². The molecule has 2 N–H and O–H groups in total. The highest BCUT2D eigenvalue weighted by atomic mass is 16.5. The minimum absolute atomic E-state index is 0.0390. The maximum absolute atomic E-state index is 12.8. The molecule has 4 aromatic rings. The molecule has 1 unspecified atom stereocenters. The number of rotatable bonds is 8. The van der Waals surface area contributed by atoms with E-state index in [0.29, 0.717) is 18.2 Å². The van der Waals surface area contributed by atoms with Crippen molar-refractivity contribution in [2.45, 2.75) is 26.0 Å². The second-order valence-corrected chi connectivity index (χ2v) is 7.82. The molecule has 2 aromatic heterocycles. The van der Waals surface area contributed by atoms with Crippen molar-refractivity contribution >= 4 is 27.9 Å². The predicted octanol–water partition coefficient (Wildman–Crippen LogP) is 1.85. The van der Waals surface area contributed by atoms with Crippen LogP contribution in [-0.2, 0) is 20.6 Å². The van der Waals surface area contributed by atoms with Crippen LogP contribution < -0.4 is 21.3 Å². The van der Waals surface area contributed by atoms with Gasteiger partial charge in [0.1, 0.15) is 18.5 Å². The molecule has 0 aliphatic rings. The Balaban J connectivity index is 1.61. The smallest absolute Gasteiger partial charge is 0.332 e. The van der Waals surface area contributed by atoms with Gasteiger partial charge in [0.2, 0.25) is 5.95 Å². The Kier molecular flexibility index (Phi) is 6.00. The van der Waals surface area contributed by atoms with Crippen LogP contribution >= 0.6 is 0 Å². The van der Waals surface area contributed by atoms with Gasteiger partial charge in [0.05, 0.1) is 6.54 Å². The van der Waals surface area contributed by atoms with Crippen molar-refractivity contribution in [3.05, 3.63) is 63.3 Å². The molecule has 0 amide bonds. The average Bonchev–Trinajstić information content (AvgIpc) is 3.16. The number of nitrogens with one attached hydrogen (secondary N) is 1. The fourth-order valence-corrected chi connectivity index (χ4v) is 3.71. The Hall–Kier alpha value is -3.59. The van der Waals surface area contributed by atoms with Crippen LogP contribution in [0.2, 0.25) is 0 Å². The first-order chi connectivity index (χ1) is 15.4. The summed E-state index contributed by atoms with van der Waals surface area (Å²) in [6.07, 6.45) is -0.0451. The lowest BCUT2D eigenvalue weighted by Gasteiger charge is -2.16. The van der Waals surface area contributed by atoms with Gasteiger partial charge in [0.25, 0.3) is 5.56 Å². The molecule has 0 aliphatic heterocycles. The molecule has 9 nitrogen and oxygen atoms in total. The predicted molar refractivity (Wildman–Crippen MR) is 124 cm³/mol. The molecule has 0 saturated heterocycles. The summed E-state index contributed by atoms with van der Waals surface area (Å²) in [6, 6.07) is 13.7. The molecule has 0 fully saturated rings. The molecular weight excluding hydrogens is 410 g/mol. The highest BCUT2D eigenvalue weighted by Crippen LogP contribution is 2.21. The topological polar surface area (TPSA) is 103 Å². The number of aliphatic hydroxyl groups is 1. The Bertz CT molecular complexity index is 1390. The maximum atomic E-state index is 12.8. The molecular formula is C23H27N5O4. The lowest BCUT2D eigenvalue weighted by atomic mass is 10.1. The first-order valence-electron chi connectivity index (χ1n) is 10.6. The van der Waals surface area contributed by atoms with Gasteiger partial charge in [-0.25, -0.2) is 4.79 Å². The summed E-state index contributed by atoms with van der Waals surface area (Å²) >= 11 is 0. The normalized spacial score (nSPS) is 12.4. The van der Waals surface area contributed by atoms with Crippen LogP contribution in [0.1, 0.15) is 13.3 Å². The van der Waals surface area contributed by atoms with E-state index in [2.05, 4.69) is 10.3 Å². The molecule has 0 radical (unpaired) electrons. The van der Waals surface area contributed by atoms with E-state index in [4.69, 9.17) is 4.74 Å². The third-order valence-corrected chi connectivity index (χ3v) is 5.44. The lowest BCUT2D eigenvalue weighted by Crippen LogP contribution is -2.38. The van der Waals surface area contributed by atoms with E-state index in [1.54, 1.807) is 11.6 Å². The van der Waals surface area contributed by atoms with E-state index in [1.165, 1.54) is 11.6 Å². The third-order valence-electron chi connectivity index (χ3n) is 5.44. The van der Waals surface area contributed by atoms with Gasteiger partial charge in [-0.1, -0.05) is 37.3 Å². The van der Waals surface area contributed by atoms with Crippen molar-refractivity contribution in [1.82, 2.24) is 18.7 Å². The van der Waals surface area contributed by atoms with Gasteiger partial charge < -0.3 is 19.7 Å². The second kappa shape index (κ2) is 8.88. The number of nitrogens with zero attached hydrogens (tertiary/aromatic N) is 4. The Labute approximate surface area is 184 Å². The molecule has 168 valence electrons. The summed E-state index contributed by atoms with van der Waals surface area (Å²) in [5.74, 6) is 1.09. The molecule has 2 aromatic carbocycles. The fourth-order valence-electron chi connectivity index (χ4n) is 3.71. The van der Waals surface area contributed by atoms with Gasteiger partial charge in [-0.15, -0.1) is 0 Å². The Morgan fingerprint density at radius 1 is 1.09 bits per heavy atom. The number of aromatic nitrogens is 4. The molecule has 4 rings (SSSR count). The standard InChI is InChI=1S/C23H27N5O4/c1-4-11-24-22-25-20-19(21(30)27(3)23(31)26(20)2)28(22)13-17(29)14-32-18-10-9-15-7-5-6-8-16(15)12-18/h5-10,12,17,29H,4,11,13-14H2,1-3H3,(H,24,25). The van der Waals surface area contributed by atoms with E-state index in [9.17, 15) is 14.7 Å². The largest absolute Gasteiger partial charge is 0.491 e. The number of aliphatic hydroxyl groups excluding tert-OH is 1. The number of anilines is 1. The number of imidazole rings is 1. The van der Waals surface area contributed by atoms with Crippen molar-refractivity contribution in [1.29, 1.82) is 0 Å². The van der Waals surface area contributed by atoms with Gasteiger partial charge in [-0.3, -0.25) is 13.9 Å². The van der Waals surface area contributed by atoms with E-state index in [0.717, 1.165) is 21.8 Å². The maximum Gasteiger partial charge on any atom is 0.332 e. The number of hydrogen-bond donors (Lipinski definition) is 2. The second-order valence-electron chi connectivity index (χ2n) is 7.82. The number of aryl methyl sites for hydroxylation is 1. The van der Waals surface area contributed by atoms with Crippen LogP contribution in [0, 0.1) is 0 Å². The molecule has 0 saturated carbocycles. The van der Waals surface area contributed by atoms with Crippen LogP contribution in [0.5, 0.6) is 5.75 Å². The van der Waals surface area contributed by atoms with Crippen molar-refractivity contribution < 1.29 is 9.84 Å². The van der Waals surface area contributed by atoms with Crippen LogP contribution in [0.25, 0.3) is 21.9 Å². The van der Waals surface area contributed by atoms with Gasteiger partial charge in [-0.2, -0.15) is 4.98 Å². The summed E-state index contributed by atoms with van der Waals surface area (Å²) in [5.41, 5.74) is -0.366. The lowest BCUT2D eigenvalue weighted by molar-refractivity contribution is 0.0939. The Morgan fingerprint density at radius 2 is 1.84 bits per heavy atom. The van der Waals surface area contributed by atoms with E-state index in [1.807, 2.05) is 49.4 Å². The molecule has 1 atom stereocenters. The van der Waals surface area contributed by atoms with Crippen LogP contribution in [0.4, 0.5) is 5.95 Å². The summed E-state index contributed by atoms with van der Waals surface area (Å²) in [6.45, 7) is 2.78. The number of ether oxygens (including phenoxy) is 1. The fraction of sp³-hybridized carbons (Fsp3) is 0.348. The number of fused-ring (bicyclic) bond motifs is 2. The van der Waals surface area contributed by atoms with E-state index < -0.39 is 17.4 Å². The van der Waals surface area contributed by atoms with E-state index >= 15 is 0 Å². The molecule has 32 heavy (non-hydrogen) atoms. The molecule has 2 heterocycles. The van der Waals surface area contributed by atoms with Crippen molar-refractivity contribution in [3.63, 3.8) is 0 Å². The minimum atomic E-state index is -0.900. The van der Waals surface area contributed by atoms with Crippen LogP contribution in [0.3, 0.4) is 0 Å². The summed E-state index contributed by atoms with van der Waals surface area (Å²) in [7, 11) is 3.00. The molecule has 0 spiro atoms. The van der Waals surface area contributed by atoms with Crippen molar-refractivity contribution in [2.75, 3.05) is 18.5 Å². The van der Waals surface area contributed by atoms with Crippen LogP contribution in [0.15, 0.2) is 52.1 Å². The number of benzene rings is 2. The van der Waals surface area contributed by atoms with Crippen LogP contribution in [-0.4, -0.2) is 43.0 Å². The highest BCUT2D eigenvalue weighted by molar-refractivity contribution is 5.83. The summed E-state index contributed by atoms with van der Waals surface area (Å²) in [4.78, 5) is 29.6.